The number of fused-ring (bicyclic) bond motifs is 2. The molecule has 0 aliphatic carbocycles. The highest BCUT2D eigenvalue weighted by atomic mass is 16.1. The molecule has 0 spiro atoms. The fourth-order valence-corrected chi connectivity index (χ4v) is 2.53. The maximum Gasteiger partial charge on any atom is 0.407 e. The van der Waals surface area contributed by atoms with Crippen molar-refractivity contribution in [2.75, 3.05) is 0 Å². The molecule has 0 radical (unpaired) electrons. The van der Waals surface area contributed by atoms with Gasteiger partial charge in [-0.05, 0) is 19.4 Å². The minimum absolute atomic E-state index is 0.0725. The van der Waals surface area contributed by atoms with Crippen LogP contribution in [-0.4, -0.2) is 9.38 Å². The Morgan fingerprint density at radius 2 is 2.21 bits per heavy atom. The summed E-state index contributed by atoms with van der Waals surface area (Å²) in [5.74, 6) is 0.721. The monoisotopic (exact) mass is 257 g/mol. The molecule has 1 aliphatic rings. The molecule has 1 aliphatic heterocycles. The third-order valence-electron chi connectivity index (χ3n) is 3.52. The van der Waals surface area contributed by atoms with E-state index >= 15 is 0 Å². The Bertz CT molecular complexity index is 773. The number of aryl methyl sites for hydroxylation is 2. The van der Waals surface area contributed by atoms with Crippen molar-refractivity contribution in [3.63, 3.8) is 0 Å². The third-order valence-corrected chi connectivity index (χ3v) is 3.52. The predicted molar refractivity (Wildman–Crippen MR) is 71.7 cm³/mol. The first-order chi connectivity index (χ1) is 9.24. The van der Waals surface area contributed by atoms with E-state index in [1.54, 1.807) is 16.8 Å². The molecule has 2 aromatic rings. The van der Waals surface area contributed by atoms with Gasteiger partial charge in [0.2, 0.25) is 0 Å². The highest BCUT2D eigenvalue weighted by molar-refractivity contribution is 5.45. The highest BCUT2D eigenvalue weighted by Crippen LogP contribution is 2.03. The fraction of sp³-hybridized carbons (Fsp3) is 0.429. The third kappa shape index (κ3) is 1.77. The van der Waals surface area contributed by atoms with Crippen LogP contribution in [0.1, 0.15) is 37.6 Å². The molecule has 98 valence electrons. The van der Waals surface area contributed by atoms with Gasteiger partial charge in [0.25, 0.3) is 0 Å². The average molecular weight is 257 g/mol. The molecule has 5 nitrogen and oxygen atoms in total. The van der Waals surface area contributed by atoms with Gasteiger partial charge in [-0.1, -0.05) is 24.7 Å². The summed E-state index contributed by atoms with van der Waals surface area (Å²) >= 11 is 0. The lowest BCUT2D eigenvalue weighted by molar-refractivity contribution is -0.679. The van der Waals surface area contributed by atoms with Gasteiger partial charge in [-0.25, -0.2) is 14.4 Å². The summed E-state index contributed by atoms with van der Waals surface area (Å²) in [5, 5.41) is 0.532. The molecule has 3 rings (SSSR count). The summed E-state index contributed by atoms with van der Waals surface area (Å²) in [7, 11) is 0. The van der Waals surface area contributed by atoms with Crippen LogP contribution in [0.5, 0.6) is 0 Å². The number of hydrogen-bond donors (Lipinski definition) is 0. The number of aromatic nitrogens is 3. The molecule has 2 aromatic heterocycles. The van der Waals surface area contributed by atoms with E-state index in [9.17, 15) is 4.79 Å². The summed E-state index contributed by atoms with van der Waals surface area (Å²) in [4.78, 5) is 20.9. The molecule has 0 saturated heterocycles. The van der Waals surface area contributed by atoms with Crippen molar-refractivity contribution in [3.8, 4) is 0 Å². The maximum absolute atomic E-state index is 12.4. The minimum atomic E-state index is -0.0725. The molecule has 0 unspecified atom stereocenters. The molecule has 3 heterocycles. The van der Waals surface area contributed by atoms with Crippen LogP contribution in [0.15, 0.2) is 22.2 Å². The molecule has 0 saturated carbocycles. The van der Waals surface area contributed by atoms with Crippen LogP contribution in [0.3, 0.4) is 0 Å². The van der Waals surface area contributed by atoms with E-state index < -0.39 is 0 Å². The molecule has 0 amide bonds. The van der Waals surface area contributed by atoms with Crippen molar-refractivity contribution >= 4 is 11.9 Å². The Hall–Kier alpha value is -2.04. The lowest BCUT2D eigenvalue weighted by Crippen LogP contribution is -2.50. The second-order valence-corrected chi connectivity index (χ2v) is 4.88. The summed E-state index contributed by atoms with van der Waals surface area (Å²) in [5.41, 5.74) is 1.67. The van der Waals surface area contributed by atoms with E-state index in [4.69, 9.17) is 0 Å². The smallest absolute Gasteiger partial charge is 0.248 e. The molecule has 19 heavy (non-hydrogen) atoms. The second kappa shape index (κ2) is 4.57. The summed E-state index contributed by atoms with van der Waals surface area (Å²) in [6, 6.07) is 0. The maximum atomic E-state index is 12.4. The van der Waals surface area contributed by atoms with E-state index in [1.807, 2.05) is 13.0 Å². The first kappa shape index (κ1) is 12.0. The summed E-state index contributed by atoms with van der Waals surface area (Å²) < 4.78 is 3.76. The van der Waals surface area contributed by atoms with Crippen molar-refractivity contribution in [3.05, 3.63) is 39.5 Å². The van der Waals surface area contributed by atoms with Crippen molar-refractivity contribution in [2.45, 2.75) is 39.7 Å². The molecular formula is C14H17N4O+. The Morgan fingerprint density at radius 1 is 1.37 bits per heavy atom. The van der Waals surface area contributed by atoms with Gasteiger partial charge in [0, 0.05) is 6.20 Å². The molecule has 0 atom stereocenters. The Kier molecular flexibility index (Phi) is 2.89. The molecular weight excluding hydrogens is 240 g/mol. The average Bonchev–Trinajstić information content (AvgIpc) is 3.01. The van der Waals surface area contributed by atoms with Crippen LogP contribution in [0.2, 0.25) is 0 Å². The van der Waals surface area contributed by atoms with Gasteiger partial charge in [0.1, 0.15) is 17.6 Å². The molecule has 0 bridgehead atoms. The van der Waals surface area contributed by atoms with Crippen molar-refractivity contribution in [1.82, 2.24) is 9.38 Å². The Labute approximate surface area is 110 Å². The van der Waals surface area contributed by atoms with Crippen molar-refractivity contribution in [2.24, 2.45) is 4.99 Å². The number of nitrogens with zero attached hydrogens (tertiary/aromatic N) is 4. The number of unbranched alkanes of at least 4 members (excludes halogenated alkanes) is 2. The topological polar surface area (TPSA) is 50.6 Å². The SMILES string of the molecule is CCCCC[n+]1c2c(c(=O)n3c(C)cnc31)=NC=C2. The van der Waals surface area contributed by atoms with Gasteiger partial charge >= 0.3 is 11.3 Å². The Morgan fingerprint density at radius 3 is 3.00 bits per heavy atom. The van der Waals surface area contributed by atoms with Crippen LogP contribution < -0.4 is 15.5 Å². The molecule has 5 heteroatoms. The first-order valence-electron chi connectivity index (χ1n) is 6.72. The summed E-state index contributed by atoms with van der Waals surface area (Å²) in [6.07, 6.45) is 8.76. The zero-order chi connectivity index (χ0) is 13.4. The van der Waals surface area contributed by atoms with E-state index in [-0.39, 0.29) is 5.56 Å². The van der Waals surface area contributed by atoms with Crippen molar-refractivity contribution in [1.29, 1.82) is 0 Å². The van der Waals surface area contributed by atoms with Crippen LogP contribution >= 0.6 is 0 Å². The molecule has 0 N–H and O–H groups in total. The Balaban J connectivity index is 2.26. The standard InChI is InChI=1S/C14H17N4O/c1-3-4-5-8-17-11-6-7-15-12(11)13(19)18-10(2)9-16-14(17)18/h6-7,9H,3-5,8H2,1-2H3/q+1. The zero-order valence-corrected chi connectivity index (χ0v) is 11.3. The van der Waals surface area contributed by atoms with E-state index in [0.29, 0.717) is 5.36 Å². The summed E-state index contributed by atoms with van der Waals surface area (Å²) in [6.45, 7) is 4.95. The van der Waals surface area contributed by atoms with Crippen molar-refractivity contribution < 1.29 is 4.57 Å². The van der Waals surface area contributed by atoms with E-state index in [2.05, 4.69) is 21.5 Å². The van der Waals surface area contributed by atoms with Gasteiger partial charge in [-0.2, -0.15) is 4.40 Å². The fourth-order valence-electron chi connectivity index (χ4n) is 2.53. The van der Waals surface area contributed by atoms with Crippen LogP contribution in [0.25, 0.3) is 11.9 Å². The lowest BCUT2D eigenvalue weighted by Gasteiger charge is -2.04. The van der Waals surface area contributed by atoms with Gasteiger partial charge in [-0.3, -0.25) is 0 Å². The second-order valence-electron chi connectivity index (χ2n) is 4.88. The van der Waals surface area contributed by atoms with Gasteiger partial charge in [0.15, 0.2) is 5.36 Å². The quantitative estimate of drug-likeness (QED) is 0.601. The largest absolute Gasteiger partial charge is 0.407 e. The van der Waals surface area contributed by atoms with Gasteiger partial charge in [-0.15, -0.1) is 0 Å². The number of imidazole rings is 1. The molecule has 0 fully saturated rings. The normalized spacial score (nSPS) is 12.9. The predicted octanol–water partition coefficient (Wildman–Crippen LogP) is 0.803. The van der Waals surface area contributed by atoms with Crippen LogP contribution in [0.4, 0.5) is 0 Å². The first-order valence-corrected chi connectivity index (χ1v) is 6.72. The minimum Gasteiger partial charge on any atom is -0.248 e. The van der Waals surface area contributed by atoms with Crippen LogP contribution in [0, 0.1) is 6.92 Å². The van der Waals surface area contributed by atoms with E-state index in [0.717, 1.165) is 30.1 Å². The van der Waals surface area contributed by atoms with Crippen LogP contribution in [-0.2, 0) is 6.54 Å². The van der Waals surface area contributed by atoms with Gasteiger partial charge in [0.05, 0.1) is 6.54 Å². The number of rotatable bonds is 4. The zero-order valence-electron chi connectivity index (χ0n) is 11.3. The lowest BCUT2D eigenvalue weighted by atomic mass is 10.2. The van der Waals surface area contributed by atoms with E-state index in [1.165, 1.54) is 12.8 Å². The highest BCUT2D eigenvalue weighted by Gasteiger charge is 2.23. The van der Waals surface area contributed by atoms with Gasteiger partial charge < -0.3 is 0 Å². The molecule has 0 aromatic carbocycles. The number of hydrogen-bond acceptors (Lipinski definition) is 3.